The Kier molecular flexibility index (Phi) is 6.68. The normalized spacial score (nSPS) is 13.4. The summed E-state index contributed by atoms with van der Waals surface area (Å²) in [5.41, 5.74) is 5.72. The number of halogens is 1. The number of hydrogen-bond donors (Lipinski definition) is 2. The van der Waals surface area contributed by atoms with Crippen LogP contribution in [0.1, 0.15) is 11.1 Å². The molecule has 1 heterocycles. The number of rotatable bonds is 8. The lowest BCUT2D eigenvalue weighted by Crippen LogP contribution is -2.37. The number of hydrogen-bond acceptors (Lipinski definition) is 4. The van der Waals surface area contributed by atoms with Gasteiger partial charge in [0.25, 0.3) is 0 Å². The number of carboxylic acid groups (broad SMARTS) is 1. The summed E-state index contributed by atoms with van der Waals surface area (Å²) in [6, 6.07) is 16.0. The fraction of sp³-hybridized carbons (Fsp3) is 0.190. The molecule has 0 unspecified atom stereocenters. The third-order valence-electron chi connectivity index (χ3n) is 4.11. The molecule has 0 saturated carbocycles. The molecule has 0 aliphatic carbocycles. The van der Waals surface area contributed by atoms with E-state index in [4.69, 9.17) is 9.84 Å². The number of aliphatic carboxylic acids is 1. The van der Waals surface area contributed by atoms with Crippen LogP contribution in [0.25, 0.3) is 0 Å². The molecule has 2 aromatic rings. The highest BCUT2D eigenvalue weighted by atomic mass is 79.9. The molecule has 1 aliphatic heterocycles. The Balaban J connectivity index is 1.58. The van der Waals surface area contributed by atoms with E-state index < -0.39 is 5.97 Å². The Morgan fingerprint density at radius 1 is 1.22 bits per heavy atom. The molecule has 0 aromatic heterocycles. The van der Waals surface area contributed by atoms with Gasteiger partial charge in [-0.2, -0.15) is 0 Å². The fourth-order valence-corrected chi connectivity index (χ4v) is 3.16. The fourth-order valence-electron chi connectivity index (χ4n) is 2.75. The van der Waals surface area contributed by atoms with Gasteiger partial charge in [-0.15, -0.1) is 0 Å². The van der Waals surface area contributed by atoms with Crippen LogP contribution in [0, 0.1) is 0 Å². The topological polar surface area (TPSA) is 61.8 Å². The quantitative estimate of drug-likeness (QED) is 0.666. The summed E-state index contributed by atoms with van der Waals surface area (Å²) in [4.78, 5) is 11.1. The van der Waals surface area contributed by atoms with Crippen LogP contribution in [-0.4, -0.2) is 29.2 Å². The summed E-state index contributed by atoms with van der Waals surface area (Å²) in [6.07, 6.45) is 5.80. The minimum absolute atomic E-state index is 0.267. The van der Waals surface area contributed by atoms with Crippen molar-refractivity contribution in [2.45, 2.75) is 13.0 Å². The van der Waals surface area contributed by atoms with Crippen molar-refractivity contribution in [2.24, 2.45) is 0 Å². The van der Waals surface area contributed by atoms with Crippen molar-refractivity contribution in [3.63, 3.8) is 0 Å². The van der Waals surface area contributed by atoms with E-state index in [0.29, 0.717) is 19.7 Å². The van der Waals surface area contributed by atoms with Crippen LogP contribution in [0.5, 0.6) is 5.75 Å². The molecule has 5 nitrogen and oxygen atoms in total. The minimum atomic E-state index is -0.929. The molecule has 1 aliphatic rings. The zero-order valence-corrected chi connectivity index (χ0v) is 16.4. The first kappa shape index (κ1) is 19.2. The summed E-state index contributed by atoms with van der Waals surface area (Å²) < 4.78 is 7.00. The Bertz CT molecular complexity index is 850. The predicted molar refractivity (Wildman–Crippen MR) is 108 cm³/mol. The van der Waals surface area contributed by atoms with E-state index in [0.717, 1.165) is 27.8 Å². The molecule has 0 bridgehead atoms. The third-order valence-corrected chi connectivity index (χ3v) is 4.60. The number of nitrogens with one attached hydrogen (secondary N) is 1. The first-order chi connectivity index (χ1) is 13.1. The second-order valence-electron chi connectivity index (χ2n) is 6.13. The number of ether oxygens (including phenoxy) is 1. The monoisotopic (exact) mass is 428 g/mol. The predicted octanol–water partition coefficient (Wildman–Crippen LogP) is 3.92. The van der Waals surface area contributed by atoms with E-state index in [-0.39, 0.29) is 5.57 Å². The maximum absolute atomic E-state index is 11.1. The Hall–Kier alpha value is -2.57. The van der Waals surface area contributed by atoms with E-state index in [1.165, 1.54) is 0 Å². The molecule has 140 valence electrons. The van der Waals surface area contributed by atoms with Crippen molar-refractivity contribution in [3.05, 3.63) is 88.1 Å². The van der Waals surface area contributed by atoms with Gasteiger partial charge in [0, 0.05) is 17.2 Å². The maximum Gasteiger partial charge on any atom is 0.337 e. The lowest BCUT2D eigenvalue weighted by molar-refractivity contribution is -0.132. The van der Waals surface area contributed by atoms with Crippen molar-refractivity contribution in [1.82, 2.24) is 10.4 Å². The summed E-state index contributed by atoms with van der Waals surface area (Å²) in [5.74, 6) is -0.0782. The van der Waals surface area contributed by atoms with E-state index in [9.17, 15) is 4.79 Å². The maximum atomic E-state index is 11.1. The van der Waals surface area contributed by atoms with Gasteiger partial charge >= 0.3 is 5.97 Å². The molecule has 2 aromatic carbocycles. The molecule has 0 spiro atoms. The second-order valence-corrected chi connectivity index (χ2v) is 7.04. The van der Waals surface area contributed by atoms with Gasteiger partial charge in [-0.1, -0.05) is 52.3 Å². The van der Waals surface area contributed by atoms with Crippen molar-refractivity contribution in [3.8, 4) is 5.75 Å². The summed E-state index contributed by atoms with van der Waals surface area (Å²) in [6.45, 7) is 1.81. The number of hydrazine groups is 1. The highest BCUT2D eigenvalue weighted by Crippen LogP contribution is 2.24. The van der Waals surface area contributed by atoms with Crippen LogP contribution in [0.2, 0.25) is 0 Å². The van der Waals surface area contributed by atoms with Gasteiger partial charge in [0.1, 0.15) is 12.4 Å². The lowest BCUT2D eigenvalue weighted by Gasteiger charge is -2.23. The number of benzene rings is 2. The molecule has 27 heavy (non-hydrogen) atoms. The standard InChI is InChI=1S/C21H21BrN2O3/c22-19-8-9-20(27-15-16-5-2-1-3-6-16)17(13-19)10-11-23-24-12-4-7-18(14-24)21(25)26/h1-9,13-14,23H,10-12,15H2,(H,25,26). The van der Waals surface area contributed by atoms with Crippen LogP contribution < -0.4 is 10.2 Å². The average molecular weight is 429 g/mol. The molecule has 6 heteroatoms. The molecule has 3 rings (SSSR count). The molecule has 0 amide bonds. The molecule has 0 atom stereocenters. The largest absolute Gasteiger partial charge is 0.489 e. The number of carboxylic acids is 1. The summed E-state index contributed by atoms with van der Waals surface area (Å²) >= 11 is 3.51. The first-order valence-corrected chi connectivity index (χ1v) is 9.48. The Labute approximate surface area is 167 Å². The van der Waals surface area contributed by atoms with Gasteiger partial charge in [0.2, 0.25) is 0 Å². The van der Waals surface area contributed by atoms with Crippen molar-refractivity contribution in [2.75, 3.05) is 13.1 Å². The van der Waals surface area contributed by atoms with Crippen LogP contribution >= 0.6 is 15.9 Å². The summed E-state index contributed by atoms with van der Waals surface area (Å²) in [5, 5.41) is 10.9. The highest BCUT2D eigenvalue weighted by Gasteiger charge is 2.11. The van der Waals surface area contributed by atoms with Crippen LogP contribution in [0.4, 0.5) is 0 Å². The van der Waals surface area contributed by atoms with E-state index in [1.54, 1.807) is 17.3 Å². The second kappa shape index (κ2) is 9.39. The average Bonchev–Trinajstić information content (AvgIpc) is 2.68. The molecular weight excluding hydrogens is 408 g/mol. The first-order valence-electron chi connectivity index (χ1n) is 8.69. The molecule has 0 saturated heterocycles. The molecular formula is C21H21BrN2O3. The molecule has 2 N–H and O–H groups in total. The number of carbonyl (C=O) groups is 1. The zero-order chi connectivity index (χ0) is 19.1. The van der Waals surface area contributed by atoms with Crippen molar-refractivity contribution in [1.29, 1.82) is 0 Å². The molecule has 0 radical (unpaired) electrons. The van der Waals surface area contributed by atoms with Gasteiger partial charge in [0.15, 0.2) is 0 Å². The molecule has 0 fully saturated rings. The van der Waals surface area contributed by atoms with Gasteiger partial charge in [-0.25, -0.2) is 10.2 Å². The smallest absolute Gasteiger partial charge is 0.337 e. The van der Waals surface area contributed by atoms with Gasteiger partial charge in [-0.05, 0) is 41.8 Å². The van der Waals surface area contributed by atoms with Gasteiger partial charge in [0.05, 0.1) is 12.1 Å². The number of nitrogens with zero attached hydrogens (tertiary/aromatic N) is 1. The van der Waals surface area contributed by atoms with Gasteiger partial charge in [-0.3, -0.25) is 0 Å². The van der Waals surface area contributed by atoms with Crippen molar-refractivity contribution >= 4 is 21.9 Å². The van der Waals surface area contributed by atoms with Crippen LogP contribution in [0.3, 0.4) is 0 Å². The van der Waals surface area contributed by atoms with E-state index >= 15 is 0 Å². The van der Waals surface area contributed by atoms with Crippen LogP contribution in [0.15, 0.2) is 76.9 Å². The third kappa shape index (κ3) is 5.70. The Morgan fingerprint density at radius 3 is 2.81 bits per heavy atom. The Morgan fingerprint density at radius 2 is 2.04 bits per heavy atom. The van der Waals surface area contributed by atoms with E-state index in [1.807, 2.05) is 48.5 Å². The van der Waals surface area contributed by atoms with Crippen molar-refractivity contribution < 1.29 is 14.6 Å². The zero-order valence-electron chi connectivity index (χ0n) is 14.8. The van der Waals surface area contributed by atoms with E-state index in [2.05, 4.69) is 27.4 Å². The minimum Gasteiger partial charge on any atom is -0.489 e. The lowest BCUT2D eigenvalue weighted by atomic mass is 10.1. The van der Waals surface area contributed by atoms with Gasteiger partial charge < -0.3 is 14.9 Å². The van der Waals surface area contributed by atoms with Crippen LogP contribution in [-0.2, 0) is 17.8 Å². The summed E-state index contributed by atoms with van der Waals surface area (Å²) in [7, 11) is 0. The SMILES string of the molecule is O=C(O)C1=CN(NCCc2cc(Br)ccc2OCc2ccccc2)CC=C1. The highest BCUT2D eigenvalue weighted by molar-refractivity contribution is 9.10.